The van der Waals surface area contributed by atoms with Crippen LogP contribution in [0, 0.1) is 0 Å². The van der Waals surface area contributed by atoms with E-state index >= 15 is 0 Å². The van der Waals surface area contributed by atoms with Gasteiger partial charge in [-0.15, -0.1) is 16.8 Å². The van der Waals surface area contributed by atoms with Crippen LogP contribution in [-0.2, 0) is 0 Å². The van der Waals surface area contributed by atoms with E-state index < -0.39 is 0 Å². The number of H-pyrrole nitrogens is 3. The Morgan fingerprint density at radius 2 is 1.06 bits per heavy atom. The summed E-state index contributed by atoms with van der Waals surface area (Å²) in [5, 5.41) is 31.1. The third-order valence-corrected chi connectivity index (χ3v) is 2.19. The van der Waals surface area contributed by atoms with Crippen molar-refractivity contribution in [3.63, 3.8) is 0 Å². The second-order valence-corrected chi connectivity index (χ2v) is 3.12. The first-order valence-corrected chi connectivity index (χ1v) is 4.52. The Bertz CT molecular complexity index is 451. The summed E-state index contributed by atoms with van der Waals surface area (Å²) < 4.78 is 0. The first-order valence-electron chi connectivity index (χ1n) is 4.52. The summed E-state index contributed by atoms with van der Waals surface area (Å²) in [7, 11) is 0. The van der Waals surface area contributed by atoms with E-state index in [9.17, 15) is 0 Å². The van der Waals surface area contributed by atoms with Gasteiger partial charge in [-0.1, -0.05) is 0 Å². The quantitative estimate of drug-likeness (QED) is 0.399. The molecule has 9 nitrogen and oxygen atoms in total. The first kappa shape index (κ1) is 12.6. The third kappa shape index (κ3) is 2.52. The molecule has 17 heavy (non-hydrogen) atoms. The molecule has 1 radical (unpaired) electrons. The Kier molecular flexibility index (Phi) is 4.17. The van der Waals surface area contributed by atoms with Crippen LogP contribution in [-0.4, -0.2) is 52.9 Å². The second kappa shape index (κ2) is 5.64. The van der Waals surface area contributed by atoms with E-state index in [1.54, 1.807) is 18.6 Å². The minimum Gasteiger partial charge on any atom is -0.207 e. The molecule has 3 rings (SSSR count). The van der Waals surface area contributed by atoms with Gasteiger partial charge in [-0.3, -0.25) is 0 Å². The molecular weight excluding hydrogens is 248 g/mol. The van der Waals surface area contributed by atoms with Crippen LogP contribution < -0.4 is 68.2 Å². The van der Waals surface area contributed by atoms with Gasteiger partial charge in [0.05, 0.1) is 0 Å². The number of hydrogen-bond donors (Lipinski definition) is 3. The van der Waals surface area contributed by atoms with Crippen LogP contribution in [0.4, 0.5) is 0 Å². The predicted octanol–water partition coefficient (Wildman–Crippen LogP) is -6.44. The average molecular weight is 254 g/mol. The molecule has 3 N–H and O–H groups in total. The summed E-state index contributed by atoms with van der Waals surface area (Å²) in [6.07, 6.45) is 4.86. The molecular formula is C6H6BKN9. The zero-order chi connectivity index (χ0) is 10.8. The van der Waals surface area contributed by atoms with E-state index in [0.29, 0.717) is 16.8 Å². The number of nitrogens with one attached hydrogen (secondary N) is 3. The maximum atomic E-state index is 4.03. The van der Waals surface area contributed by atoms with Gasteiger partial charge in [0.15, 0.2) is 0 Å². The fraction of sp³-hybridized carbons (Fsp3) is 0. The average Bonchev–Trinajstić information content (AvgIpc) is 3.02. The summed E-state index contributed by atoms with van der Waals surface area (Å²) >= 11 is 0. The van der Waals surface area contributed by atoms with Crippen LogP contribution in [0.5, 0.6) is 0 Å². The number of nitrogens with zero attached hydrogens (tertiary/aromatic N) is 6. The fourth-order valence-corrected chi connectivity index (χ4v) is 1.50. The molecule has 3 aromatic heterocycles. The van der Waals surface area contributed by atoms with Gasteiger partial charge in [0.1, 0.15) is 0 Å². The zero-order valence-corrected chi connectivity index (χ0v) is 12.1. The van der Waals surface area contributed by atoms with Crippen molar-refractivity contribution < 1.29 is 51.4 Å². The molecule has 0 aliphatic heterocycles. The van der Waals surface area contributed by atoms with E-state index in [0.717, 1.165) is 0 Å². The largest absolute Gasteiger partial charge is 1.00 e. The minimum absolute atomic E-state index is 0. The van der Waals surface area contributed by atoms with Gasteiger partial charge in [-0.25, -0.2) is 30.9 Å². The molecule has 0 amide bonds. The standard InChI is InChI=1S/C6H6BN9.K/c1-4(11-14-8-1)7(5-2-9-15-12-5)6-3-10-16-13-6;/h1-3H,(H,8,11,14)(H,9,12,15)(H,10,13,16);/q-1;+1. The molecule has 11 heteroatoms. The maximum absolute atomic E-state index is 4.03. The van der Waals surface area contributed by atoms with Crippen molar-refractivity contribution in [2.24, 2.45) is 0 Å². The van der Waals surface area contributed by atoms with Crippen molar-refractivity contribution >= 4 is 23.5 Å². The van der Waals surface area contributed by atoms with Crippen LogP contribution in [0.1, 0.15) is 0 Å². The molecule has 0 spiro atoms. The summed E-state index contributed by atoms with van der Waals surface area (Å²) in [6.45, 7) is -0.226. The molecule has 3 aromatic rings. The predicted molar refractivity (Wildman–Crippen MR) is 53.8 cm³/mol. The van der Waals surface area contributed by atoms with Crippen molar-refractivity contribution in [1.29, 1.82) is 0 Å². The van der Waals surface area contributed by atoms with Gasteiger partial charge >= 0.3 is 51.4 Å². The van der Waals surface area contributed by atoms with Gasteiger partial charge < -0.3 is 0 Å². The summed E-state index contributed by atoms with van der Waals surface area (Å²) in [4.78, 5) is 0. The Labute approximate surface area is 138 Å². The molecule has 3 heterocycles. The Balaban J connectivity index is 0.00000108. The van der Waals surface area contributed by atoms with Crippen molar-refractivity contribution in [3.05, 3.63) is 18.6 Å². The van der Waals surface area contributed by atoms with Gasteiger partial charge in [0.2, 0.25) is 0 Å². The summed E-state index contributed by atoms with van der Waals surface area (Å²) in [6, 6.07) is 0. The van der Waals surface area contributed by atoms with Crippen LogP contribution in [0.2, 0.25) is 0 Å². The molecule has 0 saturated carbocycles. The summed E-state index contributed by atoms with van der Waals surface area (Å²) in [5.41, 5.74) is 2.13. The van der Waals surface area contributed by atoms with Crippen molar-refractivity contribution in [1.82, 2.24) is 46.2 Å². The normalized spacial score (nSPS) is 10.4. The van der Waals surface area contributed by atoms with E-state index in [4.69, 9.17) is 0 Å². The third-order valence-electron chi connectivity index (χ3n) is 2.19. The molecule has 0 aliphatic carbocycles. The van der Waals surface area contributed by atoms with E-state index in [1.807, 2.05) is 0 Å². The monoisotopic (exact) mass is 254 g/mol. The number of rotatable bonds is 3. The second-order valence-electron chi connectivity index (χ2n) is 3.12. The summed E-state index contributed by atoms with van der Waals surface area (Å²) in [5.74, 6) is 0. The van der Waals surface area contributed by atoms with E-state index in [2.05, 4.69) is 46.2 Å². The molecule has 0 unspecified atom stereocenters. The van der Waals surface area contributed by atoms with Crippen LogP contribution in [0.25, 0.3) is 0 Å². The minimum atomic E-state index is -0.226. The fourth-order valence-electron chi connectivity index (χ4n) is 1.50. The molecule has 0 atom stereocenters. The Morgan fingerprint density at radius 1 is 0.706 bits per heavy atom. The van der Waals surface area contributed by atoms with E-state index in [1.165, 1.54) is 0 Å². The van der Waals surface area contributed by atoms with Crippen LogP contribution in [0.3, 0.4) is 0 Å². The van der Waals surface area contributed by atoms with Crippen LogP contribution in [0.15, 0.2) is 18.6 Å². The SMILES string of the molecule is [K+].c1n[nH]nc1[B-](c1cn[nH]n1)c1cn[nH]n1. The van der Waals surface area contributed by atoms with Gasteiger partial charge in [-0.2, -0.15) is 15.3 Å². The van der Waals surface area contributed by atoms with Crippen LogP contribution >= 0.6 is 0 Å². The molecule has 0 saturated heterocycles. The Morgan fingerprint density at radius 3 is 1.29 bits per heavy atom. The number of aromatic nitrogens is 9. The number of hydrogen-bond acceptors (Lipinski definition) is 6. The molecule has 0 aliphatic rings. The molecule has 79 valence electrons. The topological polar surface area (TPSA) is 125 Å². The smallest absolute Gasteiger partial charge is 0.207 e. The van der Waals surface area contributed by atoms with E-state index in [-0.39, 0.29) is 58.1 Å². The zero-order valence-electron chi connectivity index (χ0n) is 8.99. The maximum Gasteiger partial charge on any atom is 1.00 e. The van der Waals surface area contributed by atoms with Gasteiger partial charge in [0.25, 0.3) is 0 Å². The van der Waals surface area contributed by atoms with Gasteiger partial charge in [0, 0.05) is 25.3 Å². The van der Waals surface area contributed by atoms with Crippen molar-refractivity contribution in [3.8, 4) is 0 Å². The molecule has 0 aromatic carbocycles. The molecule has 0 fully saturated rings. The first-order chi connectivity index (χ1) is 7.95. The number of aromatic amines is 3. The van der Waals surface area contributed by atoms with Crippen molar-refractivity contribution in [2.75, 3.05) is 0 Å². The van der Waals surface area contributed by atoms with Gasteiger partial charge in [-0.05, 0) is 0 Å². The molecule has 0 bridgehead atoms. The Hall–Kier alpha value is -0.879. The van der Waals surface area contributed by atoms with Crippen molar-refractivity contribution in [2.45, 2.75) is 0 Å².